The van der Waals surface area contributed by atoms with Gasteiger partial charge in [0.1, 0.15) is 0 Å². The molecule has 15 rings (SSSR count). The molecule has 0 unspecified atom stereocenters. The van der Waals surface area contributed by atoms with E-state index in [1.807, 2.05) is 12.1 Å². The zero-order chi connectivity index (χ0) is 50.9. The fraction of sp³-hybridized carbons (Fsp3) is 0.0137. The Labute approximate surface area is 446 Å². The molecule has 0 fully saturated rings. The molecule has 0 saturated carbocycles. The number of nitrogens with zero attached hydrogens (tertiary/aromatic N) is 4. The second-order valence-electron chi connectivity index (χ2n) is 20.0. The number of fused-ring (bicyclic) bond motifs is 9. The van der Waals surface area contributed by atoms with E-state index >= 15 is 0 Å². The first-order valence-electron chi connectivity index (χ1n) is 26.3. The summed E-state index contributed by atoms with van der Waals surface area (Å²) in [5.41, 5.74) is 22.8. The molecule has 0 bridgehead atoms. The van der Waals surface area contributed by atoms with E-state index in [4.69, 9.17) is 19.9 Å². The van der Waals surface area contributed by atoms with Crippen LogP contribution in [0.3, 0.4) is 0 Å². The maximum Gasteiger partial charge on any atom is 0.0978 e. The van der Waals surface area contributed by atoms with Crippen LogP contribution in [0.15, 0.2) is 279 Å². The van der Waals surface area contributed by atoms with Gasteiger partial charge in [-0.3, -0.25) is 0 Å². The molecular weight excluding hydrogens is 933 g/mol. The molecule has 0 N–H and O–H groups in total. The summed E-state index contributed by atoms with van der Waals surface area (Å²) in [4.78, 5) is 21.6. The fourth-order valence-corrected chi connectivity index (χ4v) is 12.1. The molecule has 0 saturated heterocycles. The molecule has 0 atom stereocenters. The summed E-state index contributed by atoms with van der Waals surface area (Å²) in [6.07, 6.45) is 0. The van der Waals surface area contributed by atoms with Crippen LogP contribution in [0.4, 0.5) is 0 Å². The molecule has 14 aromatic rings. The van der Waals surface area contributed by atoms with E-state index in [1.165, 1.54) is 33.4 Å². The molecular formula is C73H46N4. The quantitative estimate of drug-likeness (QED) is 0.142. The summed E-state index contributed by atoms with van der Waals surface area (Å²) in [6, 6.07) is 100.0. The Bertz CT molecular complexity index is 4280. The highest BCUT2D eigenvalue weighted by Crippen LogP contribution is 2.56. The predicted molar refractivity (Wildman–Crippen MR) is 318 cm³/mol. The van der Waals surface area contributed by atoms with Crippen LogP contribution in [-0.4, -0.2) is 19.9 Å². The van der Waals surface area contributed by atoms with E-state index in [9.17, 15) is 0 Å². The van der Waals surface area contributed by atoms with Gasteiger partial charge in [0.15, 0.2) is 0 Å². The van der Waals surface area contributed by atoms with Gasteiger partial charge >= 0.3 is 0 Å². The van der Waals surface area contributed by atoms with Crippen LogP contribution >= 0.6 is 0 Å². The van der Waals surface area contributed by atoms with Crippen molar-refractivity contribution in [3.8, 4) is 78.4 Å². The Hall–Kier alpha value is -10.2. The van der Waals surface area contributed by atoms with Crippen LogP contribution in [0.5, 0.6) is 0 Å². The normalized spacial score (nSPS) is 12.5. The van der Waals surface area contributed by atoms with E-state index in [0.717, 1.165) is 111 Å². The van der Waals surface area contributed by atoms with E-state index < -0.39 is 5.41 Å². The summed E-state index contributed by atoms with van der Waals surface area (Å²) >= 11 is 0. The van der Waals surface area contributed by atoms with Crippen molar-refractivity contribution in [2.75, 3.05) is 0 Å². The molecule has 4 heteroatoms. The molecule has 0 radical (unpaired) electrons. The Kier molecular flexibility index (Phi) is 10.4. The fourth-order valence-electron chi connectivity index (χ4n) is 12.1. The van der Waals surface area contributed by atoms with Gasteiger partial charge < -0.3 is 0 Å². The highest BCUT2D eigenvalue weighted by Gasteiger charge is 2.46. The minimum Gasteiger partial charge on any atom is -0.245 e. The highest BCUT2D eigenvalue weighted by atomic mass is 14.8. The lowest BCUT2D eigenvalue weighted by atomic mass is 9.67. The van der Waals surface area contributed by atoms with Crippen LogP contribution in [0.2, 0.25) is 0 Å². The molecule has 1 aliphatic rings. The standard InChI is InChI=1S/C73H46N4/c1-5-17-47(18-6-1)61-45-67(49-21-9-3-10-22-49)76-71-59(61)41-33-53-35-43-65(74-69(53)71)51-29-37-55(38-30-51)73(63-27-15-13-25-57(63)58-26-14-16-28-64(58)73)56-39-31-52(32-40-56)66-44-36-54-34-42-60-62(48-19-7-2-8-20-48)46-68(50-23-11-4-12-24-50)77-72(60)70(54)75-66/h1-46H. The largest absolute Gasteiger partial charge is 0.245 e. The monoisotopic (exact) mass is 978 g/mol. The van der Waals surface area contributed by atoms with Crippen molar-refractivity contribution in [2.24, 2.45) is 0 Å². The van der Waals surface area contributed by atoms with E-state index in [2.05, 4.69) is 267 Å². The van der Waals surface area contributed by atoms with Crippen molar-refractivity contribution in [3.63, 3.8) is 0 Å². The van der Waals surface area contributed by atoms with Gasteiger partial charge in [-0.25, -0.2) is 19.9 Å². The number of benzene rings is 10. The van der Waals surface area contributed by atoms with Gasteiger partial charge in [0.05, 0.1) is 50.3 Å². The van der Waals surface area contributed by atoms with Crippen LogP contribution in [0.25, 0.3) is 122 Å². The first-order chi connectivity index (χ1) is 38.2. The van der Waals surface area contributed by atoms with Crippen molar-refractivity contribution in [1.82, 2.24) is 19.9 Å². The van der Waals surface area contributed by atoms with Crippen LogP contribution in [0, 0.1) is 0 Å². The van der Waals surface area contributed by atoms with E-state index in [-0.39, 0.29) is 0 Å². The highest BCUT2D eigenvalue weighted by molar-refractivity contribution is 6.11. The SMILES string of the molecule is c1ccc(-c2cc(-c3ccccc3)c3ccc4ccc(-c5ccc(C6(c7ccc(-c8ccc9ccc%10c(-c%11ccccc%11)cc(-c%11ccccc%11)nc%10c9n8)cc7)c7ccccc7-c7ccccc76)cc5)nc4c3n2)cc1. The van der Waals surface area contributed by atoms with Crippen LogP contribution in [-0.2, 0) is 5.41 Å². The van der Waals surface area contributed by atoms with Gasteiger partial charge in [0.2, 0.25) is 0 Å². The van der Waals surface area contributed by atoms with Crippen molar-refractivity contribution in [3.05, 3.63) is 301 Å². The average molecular weight is 979 g/mol. The van der Waals surface area contributed by atoms with Crippen LogP contribution < -0.4 is 0 Å². The zero-order valence-electron chi connectivity index (χ0n) is 41.8. The number of pyridine rings is 4. The van der Waals surface area contributed by atoms with Crippen molar-refractivity contribution in [1.29, 1.82) is 0 Å². The minimum atomic E-state index is -0.596. The molecule has 4 aromatic heterocycles. The van der Waals surface area contributed by atoms with Crippen molar-refractivity contribution >= 4 is 43.6 Å². The molecule has 4 heterocycles. The van der Waals surface area contributed by atoms with Gasteiger partial charge in [-0.15, -0.1) is 0 Å². The summed E-state index contributed by atoms with van der Waals surface area (Å²) in [6.45, 7) is 0. The number of hydrogen-bond donors (Lipinski definition) is 0. The average Bonchev–Trinajstić information content (AvgIpc) is 4.02. The van der Waals surface area contributed by atoms with E-state index in [1.54, 1.807) is 0 Å². The van der Waals surface area contributed by atoms with Gasteiger partial charge in [-0.05, 0) is 79.9 Å². The van der Waals surface area contributed by atoms with Gasteiger partial charge in [0.25, 0.3) is 0 Å². The molecule has 358 valence electrons. The number of rotatable bonds is 8. The summed E-state index contributed by atoms with van der Waals surface area (Å²) < 4.78 is 0. The van der Waals surface area contributed by atoms with Crippen LogP contribution in [0.1, 0.15) is 22.3 Å². The summed E-state index contributed by atoms with van der Waals surface area (Å²) in [7, 11) is 0. The maximum absolute atomic E-state index is 5.46. The maximum atomic E-state index is 5.46. The Morgan fingerprint density at radius 1 is 0.221 bits per heavy atom. The number of hydrogen-bond acceptors (Lipinski definition) is 4. The Morgan fingerprint density at radius 2 is 0.545 bits per heavy atom. The van der Waals surface area contributed by atoms with E-state index in [0.29, 0.717) is 0 Å². The topological polar surface area (TPSA) is 51.6 Å². The van der Waals surface area contributed by atoms with Gasteiger partial charge in [-0.1, -0.05) is 255 Å². The molecule has 4 nitrogen and oxygen atoms in total. The molecule has 0 spiro atoms. The second-order valence-corrected chi connectivity index (χ2v) is 20.0. The third kappa shape index (κ3) is 7.29. The lowest BCUT2D eigenvalue weighted by Gasteiger charge is -2.34. The van der Waals surface area contributed by atoms with Gasteiger partial charge in [0, 0.05) is 43.8 Å². The first kappa shape index (κ1) is 44.3. The molecule has 0 aliphatic heterocycles. The Balaban J connectivity index is 0.852. The number of aromatic nitrogens is 4. The third-order valence-electron chi connectivity index (χ3n) is 15.8. The lowest BCUT2D eigenvalue weighted by Crippen LogP contribution is -2.28. The lowest BCUT2D eigenvalue weighted by molar-refractivity contribution is 0.768. The van der Waals surface area contributed by atoms with Crippen molar-refractivity contribution in [2.45, 2.75) is 5.41 Å². The zero-order valence-corrected chi connectivity index (χ0v) is 41.8. The second kappa shape index (κ2) is 18.0. The third-order valence-corrected chi connectivity index (χ3v) is 15.8. The summed E-state index contributed by atoms with van der Waals surface area (Å²) in [5, 5.41) is 4.25. The molecule has 1 aliphatic carbocycles. The minimum absolute atomic E-state index is 0.596. The molecule has 0 amide bonds. The summed E-state index contributed by atoms with van der Waals surface area (Å²) in [5.74, 6) is 0. The van der Waals surface area contributed by atoms with Crippen molar-refractivity contribution < 1.29 is 0 Å². The Morgan fingerprint density at radius 3 is 0.948 bits per heavy atom. The van der Waals surface area contributed by atoms with Gasteiger partial charge in [-0.2, -0.15) is 0 Å². The predicted octanol–water partition coefficient (Wildman–Crippen LogP) is 18.2. The smallest absolute Gasteiger partial charge is 0.0978 e. The first-order valence-corrected chi connectivity index (χ1v) is 26.3. The molecule has 10 aromatic carbocycles. The molecule has 77 heavy (non-hydrogen) atoms.